The number of aromatic nitrogens is 5. The minimum atomic E-state index is -0.287. The number of amides is 1. The lowest BCUT2D eigenvalue weighted by Crippen LogP contribution is -2.19. The van der Waals surface area contributed by atoms with Crippen molar-refractivity contribution in [3.8, 4) is 17.3 Å². The molecule has 9 nitrogen and oxygen atoms in total. The van der Waals surface area contributed by atoms with E-state index in [1.807, 2.05) is 67.7 Å². The standard InChI is InChI=1S/C25H21N7O2/c1-16-14-32(18-5-3-2-4-6-18)30-23(16)29-25(33)31-10-9-17-11-19(7-8-22(17)31)34-24-20-12-26-13-21(20)27-15-28-24/h2-11,14-15,26H,12-13H2,1H3,(H,29,30,33). The zero-order valence-corrected chi connectivity index (χ0v) is 18.4. The normalized spacial score (nSPS) is 12.6. The molecule has 3 aromatic heterocycles. The van der Waals surface area contributed by atoms with Crippen molar-refractivity contribution in [1.29, 1.82) is 0 Å². The summed E-state index contributed by atoms with van der Waals surface area (Å²) in [5.41, 5.74) is 4.50. The summed E-state index contributed by atoms with van der Waals surface area (Å²) in [6.07, 6.45) is 5.14. The van der Waals surface area contributed by atoms with Crippen LogP contribution in [0.25, 0.3) is 16.6 Å². The summed E-state index contributed by atoms with van der Waals surface area (Å²) in [6.45, 7) is 3.32. The molecular formula is C25H21N7O2. The number of carbonyl (C=O) groups is 1. The van der Waals surface area contributed by atoms with Crippen LogP contribution in [0.4, 0.5) is 10.6 Å². The minimum absolute atomic E-state index is 0.287. The number of ether oxygens (including phenoxy) is 1. The van der Waals surface area contributed by atoms with Crippen LogP contribution in [0.15, 0.2) is 73.3 Å². The van der Waals surface area contributed by atoms with Crippen molar-refractivity contribution < 1.29 is 9.53 Å². The highest BCUT2D eigenvalue weighted by Gasteiger charge is 2.19. The zero-order chi connectivity index (χ0) is 23.1. The summed E-state index contributed by atoms with van der Waals surface area (Å²) in [4.78, 5) is 21.6. The second kappa shape index (κ2) is 8.13. The number of rotatable bonds is 4. The summed E-state index contributed by atoms with van der Waals surface area (Å²) in [5.74, 6) is 1.72. The van der Waals surface area contributed by atoms with Gasteiger partial charge in [0.1, 0.15) is 12.1 Å². The van der Waals surface area contributed by atoms with Crippen LogP contribution in [-0.4, -0.2) is 30.3 Å². The van der Waals surface area contributed by atoms with E-state index in [0.717, 1.165) is 33.4 Å². The summed E-state index contributed by atoms with van der Waals surface area (Å²) in [5, 5.41) is 11.6. The number of fused-ring (bicyclic) bond motifs is 2. The summed E-state index contributed by atoms with van der Waals surface area (Å²) < 4.78 is 9.36. The molecule has 2 aromatic carbocycles. The van der Waals surface area contributed by atoms with E-state index in [1.165, 1.54) is 6.33 Å². The molecule has 0 bridgehead atoms. The van der Waals surface area contributed by atoms with Crippen LogP contribution in [0.3, 0.4) is 0 Å². The quantitative estimate of drug-likeness (QED) is 0.420. The van der Waals surface area contributed by atoms with Crippen LogP contribution in [0.5, 0.6) is 11.6 Å². The fourth-order valence-electron chi connectivity index (χ4n) is 4.09. The van der Waals surface area contributed by atoms with Gasteiger partial charge in [-0.1, -0.05) is 18.2 Å². The van der Waals surface area contributed by atoms with Crippen LogP contribution in [0, 0.1) is 6.92 Å². The summed E-state index contributed by atoms with van der Waals surface area (Å²) in [6, 6.07) is 16.9. The highest BCUT2D eigenvalue weighted by atomic mass is 16.5. The lowest BCUT2D eigenvalue weighted by atomic mass is 10.2. The molecule has 34 heavy (non-hydrogen) atoms. The number of nitrogens with zero attached hydrogens (tertiary/aromatic N) is 5. The van der Waals surface area contributed by atoms with Crippen molar-refractivity contribution in [2.45, 2.75) is 20.0 Å². The predicted molar refractivity (Wildman–Crippen MR) is 127 cm³/mol. The Hall–Kier alpha value is -4.50. The predicted octanol–water partition coefficient (Wildman–Crippen LogP) is 4.40. The third kappa shape index (κ3) is 3.57. The molecule has 0 aliphatic carbocycles. The lowest BCUT2D eigenvalue weighted by molar-refractivity contribution is 0.254. The van der Waals surface area contributed by atoms with Crippen molar-refractivity contribution in [3.63, 3.8) is 0 Å². The Balaban J connectivity index is 1.23. The van der Waals surface area contributed by atoms with Crippen LogP contribution >= 0.6 is 0 Å². The fraction of sp³-hybridized carbons (Fsp3) is 0.120. The molecule has 168 valence electrons. The third-order valence-corrected chi connectivity index (χ3v) is 5.83. The first kappa shape index (κ1) is 20.1. The average molecular weight is 451 g/mol. The van der Waals surface area contributed by atoms with Gasteiger partial charge in [0, 0.05) is 36.4 Å². The highest BCUT2D eigenvalue weighted by Crippen LogP contribution is 2.29. The monoisotopic (exact) mass is 451 g/mol. The number of nitrogens with one attached hydrogen (secondary N) is 2. The molecule has 0 atom stereocenters. The van der Waals surface area contributed by atoms with E-state index in [4.69, 9.17) is 4.74 Å². The molecule has 1 aliphatic rings. The second-order valence-corrected chi connectivity index (χ2v) is 8.09. The van der Waals surface area contributed by atoms with Crippen LogP contribution in [0.2, 0.25) is 0 Å². The average Bonchev–Trinajstić information content (AvgIpc) is 3.58. The molecule has 0 unspecified atom stereocenters. The van der Waals surface area contributed by atoms with Crippen molar-refractivity contribution in [2.24, 2.45) is 0 Å². The molecule has 0 saturated heterocycles. The number of anilines is 1. The zero-order valence-electron chi connectivity index (χ0n) is 18.4. The van der Waals surface area contributed by atoms with E-state index < -0.39 is 0 Å². The van der Waals surface area contributed by atoms with Gasteiger partial charge in [0.2, 0.25) is 5.88 Å². The molecule has 0 radical (unpaired) electrons. The van der Waals surface area contributed by atoms with E-state index in [1.54, 1.807) is 15.4 Å². The molecule has 1 aliphatic heterocycles. The first-order valence-electron chi connectivity index (χ1n) is 10.9. The van der Waals surface area contributed by atoms with E-state index in [2.05, 4.69) is 25.7 Å². The van der Waals surface area contributed by atoms with Crippen molar-refractivity contribution in [2.75, 3.05) is 5.32 Å². The molecule has 4 heterocycles. The van der Waals surface area contributed by atoms with Crippen LogP contribution in [-0.2, 0) is 13.1 Å². The van der Waals surface area contributed by atoms with Gasteiger partial charge in [-0.15, -0.1) is 5.10 Å². The fourth-order valence-corrected chi connectivity index (χ4v) is 4.09. The molecule has 0 fully saturated rings. The number of hydrogen-bond donors (Lipinski definition) is 2. The molecular weight excluding hydrogens is 430 g/mol. The van der Waals surface area contributed by atoms with Gasteiger partial charge in [-0.25, -0.2) is 19.4 Å². The van der Waals surface area contributed by atoms with Gasteiger partial charge >= 0.3 is 6.03 Å². The third-order valence-electron chi connectivity index (χ3n) is 5.83. The number of benzene rings is 2. The summed E-state index contributed by atoms with van der Waals surface area (Å²) in [7, 11) is 0. The maximum absolute atomic E-state index is 13.0. The Bertz CT molecular complexity index is 1520. The van der Waals surface area contributed by atoms with Crippen LogP contribution in [0.1, 0.15) is 16.8 Å². The van der Waals surface area contributed by atoms with Gasteiger partial charge in [-0.05, 0) is 43.3 Å². The number of hydrogen-bond acceptors (Lipinski definition) is 6. The maximum atomic E-state index is 13.0. The SMILES string of the molecule is Cc1cn(-c2ccccc2)nc1NC(=O)n1ccc2cc(Oc3ncnc4c3CNC4)ccc21. The molecule has 2 N–H and O–H groups in total. The largest absolute Gasteiger partial charge is 0.439 e. The Morgan fingerprint density at radius 2 is 1.97 bits per heavy atom. The van der Waals surface area contributed by atoms with Crippen molar-refractivity contribution >= 4 is 22.8 Å². The first-order valence-corrected chi connectivity index (χ1v) is 10.9. The second-order valence-electron chi connectivity index (χ2n) is 8.09. The highest BCUT2D eigenvalue weighted by molar-refractivity contribution is 5.98. The lowest BCUT2D eigenvalue weighted by Gasteiger charge is -2.09. The topological polar surface area (TPSA) is 98.9 Å². The molecule has 1 amide bonds. The van der Waals surface area contributed by atoms with Crippen LogP contribution < -0.4 is 15.4 Å². The molecule has 9 heteroatoms. The molecule has 5 aromatic rings. The van der Waals surface area contributed by atoms with Gasteiger partial charge in [0.05, 0.1) is 22.5 Å². The van der Waals surface area contributed by atoms with E-state index in [-0.39, 0.29) is 6.03 Å². The smallest absolute Gasteiger partial charge is 0.331 e. The number of carbonyl (C=O) groups excluding carboxylic acids is 1. The van der Waals surface area contributed by atoms with Crippen molar-refractivity contribution in [1.82, 2.24) is 29.6 Å². The Kier molecular flexibility index (Phi) is 4.81. The Labute approximate surface area is 195 Å². The van der Waals surface area contributed by atoms with Gasteiger partial charge in [0.25, 0.3) is 0 Å². The molecule has 6 rings (SSSR count). The van der Waals surface area contributed by atoms with Crippen molar-refractivity contribution in [3.05, 3.63) is 90.1 Å². The van der Waals surface area contributed by atoms with Gasteiger partial charge in [-0.2, -0.15) is 0 Å². The maximum Gasteiger partial charge on any atom is 0.331 e. The van der Waals surface area contributed by atoms with E-state index >= 15 is 0 Å². The molecule has 0 spiro atoms. The number of aryl methyl sites for hydroxylation is 1. The van der Waals surface area contributed by atoms with Gasteiger partial charge < -0.3 is 10.1 Å². The van der Waals surface area contributed by atoms with Gasteiger partial charge in [-0.3, -0.25) is 9.88 Å². The summed E-state index contributed by atoms with van der Waals surface area (Å²) >= 11 is 0. The van der Waals surface area contributed by atoms with Gasteiger partial charge in [0.15, 0.2) is 5.82 Å². The Morgan fingerprint density at radius 1 is 1.09 bits per heavy atom. The first-order chi connectivity index (χ1) is 16.7. The Morgan fingerprint density at radius 3 is 2.85 bits per heavy atom. The molecule has 0 saturated carbocycles. The van der Waals surface area contributed by atoms with E-state index in [9.17, 15) is 4.79 Å². The van der Waals surface area contributed by atoms with E-state index in [0.29, 0.717) is 30.5 Å². The number of para-hydroxylation sites is 1. The minimum Gasteiger partial charge on any atom is -0.439 e.